The van der Waals surface area contributed by atoms with Crippen LogP contribution in [0.15, 0.2) is 108 Å². The SMILES string of the molecule is COc1cc(/C=N\Nc2nc(-c3ccccc3)c(-c3ccccc3)s2)ccc1OCc1ccccc1Cl. The van der Waals surface area contributed by atoms with Crippen molar-refractivity contribution in [3.05, 3.63) is 119 Å². The normalized spacial score (nSPS) is 11.0. The maximum absolute atomic E-state index is 6.24. The Kier molecular flexibility index (Phi) is 7.79. The first kappa shape index (κ1) is 24.6. The van der Waals surface area contributed by atoms with Crippen molar-refractivity contribution < 1.29 is 9.47 Å². The van der Waals surface area contributed by atoms with Gasteiger partial charge in [0.25, 0.3) is 0 Å². The van der Waals surface area contributed by atoms with Gasteiger partial charge >= 0.3 is 0 Å². The number of hydrogen-bond donors (Lipinski definition) is 1. The molecule has 5 aromatic rings. The molecular formula is C30H24ClN3O2S. The molecule has 0 radical (unpaired) electrons. The molecule has 5 rings (SSSR count). The summed E-state index contributed by atoms with van der Waals surface area (Å²) in [5, 5.41) is 5.80. The number of methoxy groups -OCH3 is 1. The van der Waals surface area contributed by atoms with E-state index in [1.165, 1.54) is 0 Å². The van der Waals surface area contributed by atoms with Crippen molar-refractivity contribution in [2.45, 2.75) is 6.61 Å². The van der Waals surface area contributed by atoms with Crippen LogP contribution in [0.25, 0.3) is 21.7 Å². The van der Waals surface area contributed by atoms with E-state index >= 15 is 0 Å². The summed E-state index contributed by atoms with van der Waals surface area (Å²) in [7, 11) is 1.61. The Morgan fingerprint density at radius 2 is 1.57 bits per heavy atom. The second-order valence-electron chi connectivity index (χ2n) is 8.09. The van der Waals surface area contributed by atoms with E-state index in [0.29, 0.717) is 28.3 Å². The smallest absolute Gasteiger partial charge is 0.204 e. The molecule has 4 aromatic carbocycles. The lowest BCUT2D eigenvalue weighted by Gasteiger charge is -2.12. The fourth-order valence-electron chi connectivity index (χ4n) is 3.76. The zero-order valence-corrected chi connectivity index (χ0v) is 21.7. The van der Waals surface area contributed by atoms with Crippen LogP contribution in [0.4, 0.5) is 5.13 Å². The van der Waals surface area contributed by atoms with Gasteiger partial charge in [-0.25, -0.2) is 4.98 Å². The zero-order valence-electron chi connectivity index (χ0n) is 20.1. The predicted molar refractivity (Wildman–Crippen MR) is 153 cm³/mol. The summed E-state index contributed by atoms with van der Waals surface area (Å²) in [4.78, 5) is 5.92. The molecule has 0 saturated carbocycles. The molecule has 7 heteroatoms. The number of benzene rings is 4. The minimum Gasteiger partial charge on any atom is -0.493 e. The van der Waals surface area contributed by atoms with Crippen LogP contribution in [0.5, 0.6) is 11.5 Å². The van der Waals surface area contributed by atoms with Crippen molar-refractivity contribution in [2.75, 3.05) is 12.5 Å². The van der Waals surface area contributed by atoms with E-state index in [9.17, 15) is 0 Å². The summed E-state index contributed by atoms with van der Waals surface area (Å²) < 4.78 is 11.5. The summed E-state index contributed by atoms with van der Waals surface area (Å²) in [5.74, 6) is 1.25. The van der Waals surface area contributed by atoms with Crippen LogP contribution in [0.2, 0.25) is 5.02 Å². The highest BCUT2D eigenvalue weighted by Gasteiger charge is 2.14. The molecule has 0 amide bonds. The van der Waals surface area contributed by atoms with Crippen molar-refractivity contribution >= 4 is 34.3 Å². The van der Waals surface area contributed by atoms with Gasteiger partial charge in [0.15, 0.2) is 11.5 Å². The second-order valence-corrected chi connectivity index (χ2v) is 9.50. The number of anilines is 1. The van der Waals surface area contributed by atoms with E-state index < -0.39 is 0 Å². The minimum absolute atomic E-state index is 0.350. The third-order valence-corrected chi connectivity index (χ3v) is 6.99. The van der Waals surface area contributed by atoms with E-state index in [1.807, 2.05) is 78.9 Å². The number of hydrazone groups is 1. The topological polar surface area (TPSA) is 55.7 Å². The quantitative estimate of drug-likeness (QED) is 0.156. The summed E-state index contributed by atoms with van der Waals surface area (Å²) >= 11 is 7.80. The van der Waals surface area contributed by atoms with Gasteiger partial charge in [0.05, 0.1) is 23.9 Å². The zero-order chi connectivity index (χ0) is 25.5. The number of nitrogens with one attached hydrogen (secondary N) is 1. The van der Waals surface area contributed by atoms with Crippen LogP contribution in [0.1, 0.15) is 11.1 Å². The first-order valence-electron chi connectivity index (χ1n) is 11.7. The van der Waals surface area contributed by atoms with Crippen LogP contribution < -0.4 is 14.9 Å². The van der Waals surface area contributed by atoms with Crippen molar-refractivity contribution in [3.63, 3.8) is 0 Å². The molecule has 1 aromatic heterocycles. The van der Waals surface area contributed by atoms with E-state index in [4.69, 9.17) is 26.1 Å². The number of nitrogens with zero attached hydrogens (tertiary/aromatic N) is 2. The Morgan fingerprint density at radius 3 is 2.30 bits per heavy atom. The predicted octanol–water partition coefficient (Wildman–Crippen LogP) is 8.16. The molecule has 0 fully saturated rings. The molecule has 1 heterocycles. The van der Waals surface area contributed by atoms with Gasteiger partial charge in [-0.05, 0) is 35.4 Å². The standard InChI is InChI=1S/C30H24ClN3O2S/c1-35-27-18-21(16-17-26(27)36-20-24-14-8-9-15-25(24)31)19-32-34-30-33-28(22-10-4-2-5-11-22)29(37-30)23-12-6-3-7-13-23/h2-19H,20H2,1H3,(H,33,34)/b32-19-. The van der Waals surface area contributed by atoms with Crippen LogP contribution >= 0.6 is 22.9 Å². The Labute approximate surface area is 225 Å². The Balaban J connectivity index is 1.32. The molecule has 37 heavy (non-hydrogen) atoms. The molecule has 5 nitrogen and oxygen atoms in total. The van der Waals surface area contributed by atoms with Crippen LogP contribution in [-0.4, -0.2) is 18.3 Å². The number of ether oxygens (including phenoxy) is 2. The first-order valence-corrected chi connectivity index (χ1v) is 12.9. The molecule has 0 aliphatic heterocycles. The number of halogens is 1. The van der Waals surface area contributed by atoms with Crippen molar-refractivity contribution in [1.29, 1.82) is 0 Å². The number of aromatic nitrogens is 1. The third kappa shape index (κ3) is 6.00. The molecule has 0 atom stereocenters. The van der Waals surface area contributed by atoms with Gasteiger partial charge in [-0.1, -0.05) is 102 Å². The van der Waals surface area contributed by atoms with E-state index in [1.54, 1.807) is 24.7 Å². The number of hydrogen-bond acceptors (Lipinski definition) is 6. The number of rotatable bonds is 9. The molecule has 0 bridgehead atoms. The highest BCUT2D eigenvalue weighted by atomic mass is 35.5. The van der Waals surface area contributed by atoms with Gasteiger partial charge in [0.2, 0.25) is 5.13 Å². The van der Waals surface area contributed by atoms with Gasteiger partial charge in [-0.3, -0.25) is 5.43 Å². The molecular weight excluding hydrogens is 502 g/mol. The Hall–Kier alpha value is -4.13. The van der Waals surface area contributed by atoms with Crippen molar-refractivity contribution in [2.24, 2.45) is 5.10 Å². The Morgan fingerprint density at radius 1 is 0.865 bits per heavy atom. The molecule has 0 unspecified atom stereocenters. The van der Waals surface area contributed by atoms with E-state index in [2.05, 4.69) is 34.8 Å². The molecule has 0 aliphatic carbocycles. The highest BCUT2D eigenvalue weighted by Crippen LogP contribution is 2.39. The first-order chi connectivity index (χ1) is 18.2. The molecule has 1 N–H and O–H groups in total. The minimum atomic E-state index is 0.350. The van der Waals surface area contributed by atoms with Gasteiger partial charge < -0.3 is 9.47 Å². The molecule has 0 spiro atoms. The van der Waals surface area contributed by atoms with E-state index in [0.717, 1.165) is 32.8 Å². The van der Waals surface area contributed by atoms with Crippen molar-refractivity contribution in [1.82, 2.24) is 4.98 Å². The van der Waals surface area contributed by atoms with Gasteiger partial charge in [0, 0.05) is 16.1 Å². The van der Waals surface area contributed by atoms with Gasteiger partial charge in [-0.15, -0.1) is 0 Å². The van der Waals surface area contributed by atoms with Crippen LogP contribution in [-0.2, 0) is 6.61 Å². The lowest BCUT2D eigenvalue weighted by Crippen LogP contribution is -1.99. The van der Waals surface area contributed by atoms with Crippen LogP contribution in [0.3, 0.4) is 0 Å². The largest absolute Gasteiger partial charge is 0.493 e. The summed E-state index contributed by atoms with van der Waals surface area (Å²) in [6.07, 6.45) is 1.73. The summed E-state index contributed by atoms with van der Waals surface area (Å²) in [6, 6.07) is 33.7. The summed E-state index contributed by atoms with van der Waals surface area (Å²) in [5.41, 5.74) is 7.97. The Bertz CT molecular complexity index is 1450. The van der Waals surface area contributed by atoms with Crippen LogP contribution in [0, 0.1) is 0 Å². The van der Waals surface area contributed by atoms with Gasteiger partial charge in [0.1, 0.15) is 6.61 Å². The second kappa shape index (κ2) is 11.7. The highest BCUT2D eigenvalue weighted by molar-refractivity contribution is 7.19. The van der Waals surface area contributed by atoms with Crippen molar-refractivity contribution in [3.8, 4) is 33.2 Å². The van der Waals surface area contributed by atoms with E-state index in [-0.39, 0.29) is 0 Å². The summed E-state index contributed by atoms with van der Waals surface area (Å²) in [6.45, 7) is 0.350. The monoisotopic (exact) mass is 525 g/mol. The molecule has 0 saturated heterocycles. The fourth-order valence-corrected chi connectivity index (χ4v) is 4.89. The molecule has 0 aliphatic rings. The van der Waals surface area contributed by atoms with Gasteiger partial charge in [-0.2, -0.15) is 5.10 Å². The molecule has 184 valence electrons. The fraction of sp³-hybridized carbons (Fsp3) is 0.0667. The third-order valence-electron chi connectivity index (χ3n) is 5.61. The average molecular weight is 526 g/mol. The maximum atomic E-state index is 6.24. The average Bonchev–Trinajstić information content (AvgIpc) is 3.38. The lowest BCUT2D eigenvalue weighted by molar-refractivity contribution is 0.284. The number of thiazole rings is 1. The maximum Gasteiger partial charge on any atom is 0.204 e. The lowest BCUT2D eigenvalue weighted by atomic mass is 10.1.